The van der Waals surface area contributed by atoms with Crippen LogP contribution in [0.3, 0.4) is 0 Å². The number of alkyl halides is 3. The van der Waals surface area contributed by atoms with E-state index in [1.807, 2.05) is 54.6 Å². The summed E-state index contributed by atoms with van der Waals surface area (Å²) in [5, 5.41) is 0. The number of halogens is 3. The Labute approximate surface area is 169 Å². The van der Waals surface area contributed by atoms with E-state index in [4.69, 9.17) is 9.47 Å². The Morgan fingerprint density at radius 1 is 0.724 bits per heavy atom. The van der Waals surface area contributed by atoms with Crippen molar-refractivity contribution in [3.05, 3.63) is 60.2 Å². The van der Waals surface area contributed by atoms with Crippen LogP contribution in [-0.2, 0) is 11.4 Å². The Morgan fingerprint density at radius 3 is 1.90 bits per heavy atom. The van der Waals surface area contributed by atoms with Gasteiger partial charge in [-0.2, -0.15) is 13.2 Å². The van der Waals surface area contributed by atoms with Crippen LogP contribution >= 0.6 is 0 Å². The molecule has 0 radical (unpaired) electrons. The van der Waals surface area contributed by atoms with Gasteiger partial charge in [0.05, 0.1) is 6.61 Å². The smallest absolute Gasteiger partial charge is 0.449 e. The molecule has 0 aliphatic rings. The predicted molar refractivity (Wildman–Crippen MR) is 106 cm³/mol. The third-order valence-electron chi connectivity index (χ3n) is 4.46. The zero-order valence-electron chi connectivity index (χ0n) is 16.4. The van der Waals surface area contributed by atoms with Crippen LogP contribution in [0, 0.1) is 0 Å². The lowest BCUT2D eigenvalue weighted by molar-refractivity contribution is -0.171. The van der Waals surface area contributed by atoms with E-state index in [-0.39, 0.29) is 0 Å². The van der Waals surface area contributed by atoms with Gasteiger partial charge in [-0.15, -0.1) is 0 Å². The van der Waals surface area contributed by atoms with Crippen molar-refractivity contribution >= 4 is 5.78 Å². The van der Waals surface area contributed by atoms with Gasteiger partial charge >= 0.3 is 6.18 Å². The fourth-order valence-electron chi connectivity index (χ4n) is 2.80. The fourth-order valence-corrected chi connectivity index (χ4v) is 2.80. The van der Waals surface area contributed by atoms with Gasteiger partial charge in [0.25, 0.3) is 0 Å². The molecular formula is C23H27F3O3. The largest absolute Gasteiger partial charge is 0.494 e. The Hall–Kier alpha value is -2.50. The summed E-state index contributed by atoms with van der Waals surface area (Å²) in [5.41, 5.74) is 1.11. The lowest BCUT2D eigenvalue weighted by atomic mass is 10.1. The van der Waals surface area contributed by atoms with Gasteiger partial charge in [0, 0.05) is 6.42 Å². The van der Waals surface area contributed by atoms with Crippen molar-refractivity contribution < 1.29 is 27.4 Å². The van der Waals surface area contributed by atoms with Gasteiger partial charge < -0.3 is 9.47 Å². The first-order chi connectivity index (χ1) is 13.9. The zero-order chi connectivity index (χ0) is 21.0. The number of unbranched alkanes of at least 4 members (excludes halogenated alkanes) is 5. The predicted octanol–water partition coefficient (Wildman–Crippen LogP) is 6.51. The third-order valence-corrected chi connectivity index (χ3v) is 4.46. The molecule has 0 bridgehead atoms. The van der Waals surface area contributed by atoms with E-state index in [1.165, 1.54) is 0 Å². The SMILES string of the molecule is O=C(CCCCCCCCOc1ccc(OCc2ccccc2)cc1)C(F)(F)F. The summed E-state index contributed by atoms with van der Waals surface area (Å²) in [4.78, 5) is 10.7. The van der Waals surface area contributed by atoms with Gasteiger partial charge in [-0.05, 0) is 42.7 Å². The first-order valence-electron chi connectivity index (χ1n) is 9.95. The molecule has 0 aliphatic heterocycles. The number of rotatable bonds is 13. The van der Waals surface area contributed by atoms with Crippen molar-refractivity contribution in [3.63, 3.8) is 0 Å². The minimum absolute atomic E-state index is 0.299. The van der Waals surface area contributed by atoms with Crippen LogP contribution in [0.1, 0.15) is 50.5 Å². The maximum absolute atomic E-state index is 12.1. The normalized spacial score (nSPS) is 11.3. The van der Waals surface area contributed by atoms with Crippen molar-refractivity contribution in [2.24, 2.45) is 0 Å². The van der Waals surface area contributed by atoms with Crippen LogP contribution < -0.4 is 9.47 Å². The highest BCUT2D eigenvalue weighted by Gasteiger charge is 2.36. The summed E-state index contributed by atoms with van der Waals surface area (Å²) in [5.74, 6) is -0.0599. The molecule has 0 aliphatic carbocycles. The minimum Gasteiger partial charge on any atom is -0.494 e. The maximum atomic E-state index is 12.1. The van der Waals surface area contributed by atoms with Gasteiger partial charge in [-0.3, -0.25) is 4.79 Å². The molecule has 6 heteroatoms. The van der Waals surface area contributed by atoms with Crippen molar-refractivity contribution in [1.82, 2.24) is 0 Å². The number of Topliss-reactive ketones (excluding diaryl/α,β-unsaturated/α-hetero) is 1. The monoisotopic (exact) mass is 408 g/mol. The van der Waals surface area contributed by atoms with E-state index < -0.39 is 18.4 Å². The number of ether oxygens (including phenoxy) is 2. The second-order valence-corrected chi connectivity index (χ2v) is 6.89. The number of hydrogen-bond acceptors (Lipinski definition) is 3. The molecule has 0 N–H and O–H groups in total. The molecule has 0 fully saturated rings. The van der Waals surface area contributed by atoms with E-state index in [0.717, 1.165) is 42.7 Å². The number of carbonyl (C=O) groups excluding carboxylic acids is 1. The average molecular weight is 408 g/mol. The fraction of sp³-hybridized carbons (Fsp3) is 0.435. The molecule has 0 saturated heterocycles. The summed E-state index contributed by atoms with van der Waals surface area (Å²) in [6.45, 7) is 1.11. The lowest BCUT2D eigenvalue weighted by Gasteiger charge is -2.09. The van der Waals surface area contributed by atoms with Crippen molar-refractivity contribution in [3.8, 4) is 11.5 Å². The molecule has 29 heavy (non-hydrogen) atoms. The number of carbonyl (C=O) groups is 1. The molecule has 0 atom stereocenters. The van der Waals surface area contributed by atoms with Gasteiger partial charge in [0.1, 0.15) is 18.1 Å². The molecular weight excluding hydrogens is 381 g/mol. The minimum atomic E-state index is -4.69. The molecule has 0 saturated carbocycles. The highest BCUT2D eigenvalue weighted by Crippen LogP contribution is 2.21. The summed E-state index contributed by atoms with van der Waals surface area (Å²) < 4.78 is 47.6. The first-order valence-corrected chi connectivity index (χ1v) is 9.95. The summed E-state index contributed by atoms with van der Waals surface area (Å²) in [6, 6.07) is 17.4. The van der Waals surface area contributed by atoms with E-state index in [2.05, 4.69) is 0 Å². The highest BCUT2D eigenvalue weighted by atomic mass is 19.4. The first kappa shape index (κ1) is 22.8. The summed E-state index contributed by atoms with van der Waals surface area (Å²) >= 11 is 0. The van der Waals surface area contributed by atoms with Crippen molar-refractivity contribution in [1.29, 1.82) is 0 Å². The Balaban J connectivity index is 1.49. The van der Waals surface area contributed by atoms with Gasteiger partial charge in [-0.1, -0.05) is 56.0 Å². The third kappa shape index (κ3) is 9.50. The Bertz CT molecular complexity index is 712. The standard InChI is InChI=1S/C23H27F3O3/c24-23(25,26)22(27)12-8-3-1-2-4-9-17-28-20-13-15-21(16-14-20)29-18-19-10-6-5-7-11-19/h5-7,10-11,13-16H,1-4,8-9,12,17-18H2. The maximum Gasteiger partial charge on any atom is 0.449 e. The zero-order valence-corrected chi connectivity index (χ0v) is 16.4. The van der Waals surface area contributed by atoms with Crippen LogP contribution in [0.4, 0.5) is 13.2 Å². The average Bonchev–Trinajstić information content (AvgIpc) is 2.71. The second-order valence-electron chi connectivity index (χ2n) is 6.89. The molecule has 0 heterocycles. The van der Waals surface area contributed by atoms with Gasteiger partial charge in [-0.25, -0.2) is 0 Å². The quantitative estimate of drug-likeness (QED) is 0.355. The summed E-state index contributed by atoms with van der Waals surface area (Å²) in [7, 11) is 0. The van der Waals surface area contributed by atoms with Crippen LogP contribution in [0.5, 0.6) is 11.5 Å². The molecule has 0 amide bonds. The molecule has 0 unspecified atom stereocenters. The number of ketones is 1. The Morgan fingerprint density at radius 2 is 1.28 bits per heavy atom. The van der Waals surface area contributed by atoms with Crippen LogP contribution in [0.25, 0.3) is 0 Å². The highest BCUT2D eigenvalue weighted by molar-refractivity contribution is 5.83. The molecule has 0 spiro atoms. The number of benzene rings is 2. The van der Waals surface area contributed by atoms with Gasteiger partial charge in [0.15, 0.2) is 0 Å². The molecule has 3 nitrogen and oxygen atoms in total. The van der Waals surface area contributed by atoms with Gasteiger partial charge in [0.2, 0.25) is 5.78 Å². The van der Waals surface area contributed by atoms with Crippen molar-refractivity contribution in [2.45, 2.75) is 57.7 Å². The molecule has 0 aromatic heterocycles. The molecule has 158 valence electrons. The Kier molecular flexibility index (Phi) is 9.54. The molecule has 2 rings (SSSR count). The van der Waals surface area contributed by atoms with Crippen LogP contribution in [-0.4, -0.2) is 18.6 Å². The molecule has 2 aromatic rings. The van der Waals surface area contributed by atoms with Crippen molar-refractivity contribution in [2.75, 3.05) is 6.61 Å². The second kappa shape index (κ2) is 12.1. The van der Waals surface area contributed by atoms with E-state index in [9.17, 15) is 18.0 Å². The summed E-state index contributed by atoms with van der Waals surface area (Å²) in [6.07, 6.45) is -0.560. The molecule has 2 aromatic carbocycles. The topological polar surface area (TPSA) is 35.5 Å². The van der Waals surface area contributed by atoms with Crippen LogP contribution in [0.2, 0.25) is 0 Å². The van der Waals surface area contributed by atoms with E-state index in [0.29, 0.717) is 26.1 Å². The van der Waals surface area contributed by atoms with E-state index in [1.54, 1.807) is 0 Å². The van der Waals surface area contributed by atoms with E-state index >= 15 is 0 Å². The van der Waals surface area contributed by atoms with Crippen LogP contribution in [0.15, 0.2) is 54.6 Å². The number of hydrogen-bond donors (Lipinski definition) is 0. The lowest BCUT2D eigenvalue weighted by Crippen LogP contribution is -2.22.